The fraction of sp³-hybridized carbons (Fsp3) is 0.233. The third kappa shape index (κ3) is 8.10. The molecule has 3 aromatic carbocycles. The molecular weight excluding hydrogens is 574 g/mol. The molecule has 218 valence electrons. The summed E-state index contributed by atoms with van der Waals surface area (Å²) in [5, 5.41) is 20.1. The van der Waals surface area contributed by atoms with E-state index in [0.717, 1.165) is 28.0 Å². The molecule has 0 aliphatic heterocycles. The van der Waals surface area contributed by atoms with Gasteiger partial charge >= 0.3 is 0 Å². The monoisotopic (exact) mass is 605 g/mol. The van der Waals surface area contributed by atoms with Crippen LogP contribution in [-0.2, 0) is 10.0 Å². The molecule has 0 saturated heterocycles. The minimum absolute atomic E-state index is 0.172. The number of hydrogen-bond donors (Lipinski definition) is 3. The minimum atomic E-state index is -3.82. The van der Waals surface area contributed by atoms with Gasteiger partial charge in [0, 0.05) is 53.7 Å². The lowest BCUT2D eigenvalue weighted by atomic mass is 10.1. The second-order valence-corrected chi connectivity index (χ2v) is 11.7. The fourth-order valence-corrected chi connectivity index (χ4v) is 5.97. The lowest BCUT2D eigenvalue weighted by molar-refractivity contribution is 0.411. The summed E-state index contributed by atoms with van der Waals surface area (Å²) >= 11 is 6.23. The van der Waals surface area contributed by atoms with Crippen molar-refractivity contribution in [1.29, 1.82) is 5.26 Å². The molecule has 0 amide bonds. The number of nitrogens with one attached hydrogen (secondary N) is 3. The second-order valence-electron chi connectivity index (χ2n) is 9.31. The van der Waals surface area contributed by atoms with Gasteiger partial charge in [0.05, 0.1) is 17.5 Å². The van der Waals surface area contributed by atoms with Crippen molar-refractivity contribution in [2.75, 3.05) is 43.9 Å². The summed E-state index contributed by atoms with van der Waals surface area (Å²) in [6, 6.07) is 23.1. The summed E-state index contributed by atoms with van der Waals surface area (Å²) in [6.07, 6.45) is 2.24. The second kappa shape index (κ2) is 14.5. The zero-order valence-electron chi connectivity index (χ0n) is 23.3. The number of sulfonamides is 1. The van der Waals surface area contributed by atoms with E-state index >= 15 is 0 Å². The Morgan fingerprint density at radius 3 is 2.52 bits per heavy atom. The molecule has 0 radical (unpaired) electrons. The molecule has 1 aromatic heterocycles. The van der Waals surface area contributed by atoms with Crippen LogP contribution in [0.2, 0.25) is 5.02 Å². The number of aliphatic imine (C=N–C) groups is 1. The first-order valence-corrected chi connectivity index (χ1v) is 15.1. The van der Waals surface area contributed by atoms with Crippen molar-refractivity contribution in [3.8, 4) is 11.9 Å². The Balaban J connectivity index is 1.46. The van der Waals surface area contributed by atoms with E-state index in [1.54, 1.807) is 24.4 Å². The van der Waals surface area contributed by atoms with Crippen molar-refractivity contribution >= 4 is 49.9 Å². The molecule has 0 aliphatic rings. The standard InChI is InChI=1S/C30H32ClN7O3S/c1-22-19-29(27-20-23(31)9-14-28(27)36-22)33-16-18-38(42(39,40)26-12-10-25(41-2)11-13-26)17-6-15-34-30(35-21-32)37-24-7-4-3-5-8-24/h3-5,7-14,19-20H,6,15-18H2,1-2H3,(H,33,36)(H2,34,35,37). The Hall–Kier alpha value is -4.37. The molecule has 1 heterocycles. The van der Waals surface area contributed by atoms with Gasteiger partial charge in [-0.25, -0.2) is 8.42 Å². The predicted octanol–water partition coefficient (Wildman–Crippen LogP) is 5.24. The van der Waals surface area contributed by atoms with E-state index < -0.39 is 10.0 Å². The van der Waals surface area contributed by atoms with Gasteiger partial charge in [0.25, 0.3) is 0 Å². The smallest absolute Gasteiger partial charge is 0.243 e. The summed E-state index contributed by atoms with van der Waals surface area (Å²) in [5.41, 5.74) is 3.23. The van der Waals surface area contributed by atoms with E-state index in [4.69, 9.17) is 21.6 Å². The Bertz CT molecular complexity index is 1680. The van der Waals surface area contributed by atoms with Crippen LogP contribution < -0.4 is 20.7 Å². The Kier molecular flexibility index (Phi) is 10.6. The maximum atomic E-state index is 13.7. The van der Waals surface area contributed by atoms with Gasteiger partial charge in [-0.2, -0.15) is 9.57 Å². The van der Waals surface area contributed by atoms with Gasteiger partial charge in [0.2, 0.25) is 22.2 Å². The van der Waals surface area contributed by atoms with Crippen molar-refractivity contribution in [1.82, 2.24) is 14.6 Å². The van der Waals surface area contributed by atoms with Crippen LogP contribution in [0.25, 0.3) is 10.9 Å². The number of pyridine rings is 1. The van der Waals surface area contributed by atoms with Gasteiger partial charge in [-0.1, -0.05) is 29.8 Å². The maximum absolute atomic E-state index is 13.7. The summed E-state index contributed by atoms with van der Waals surface area (Å²) in [6.45, 7) is 3.08. The van der Waals surface area contributed by atoms with Gasteiger partial charge in [-0.3, -0.25) is 4.98 Å². The Morgan fingerprint density at radius 1 is 1.05 bits per heavy atom. The highest BCUT2D eigenvalue weighted by Crippen LogP contribution is 2.26. The molecule has 0 spiro atoms. The van der Waals surface area contributed by atoms with E-state index in [2.05, 4.69) is 25.9 Å². The quantitative estimate of drug-likeness (QED) is 0.0865. The first-order valence-electron chi connectivity index (χ1n) is 13.3. The number of benzene rings is 3. The number of hydrogen-bond acceptors (Lipinski definition) is 7. The van der Waals surface area contributed by atoms with Gasteiger partial charge in [-0.05, 0) is 74.0 Å². The predicted molar refractivity (Wildman–Crippen MR) is 167 cm³/mol. The van der Waals surface area contributed by atoms with E-state index in [-0.39, 0.29) is 23.9 Å². The van der Waals surface area contributed by atoms with Crippen molar-refractivity contribution in [2.45, 2.75) is 18.2 Å². The third-order valence-electron chi connectivity index (χ3n) is 6.35. The molecule has 0 aliphatic carbocycles. The molecule has 10 nitrogen and oxygen atoms in total. The first kappa shape index (κ1) is 30.6. The largest absolute Gasteiger partial charge is 0.497 e. The highest BCUT2D eigenvalue weighted by atomic mass is 35.5. The molecule has 0 fully saturated rings. The van der Waals surface area contributed by atoms with E-state index in [0.29, 0.717) is 30.3 Å². The zero-order valence-corrected chi connectivity index (χ0v) is 24.9. The van der Waals surface area contributed by atoms with Gasteiger partial charge in [0.1, 0.15) is 5.75 Å². The first-order chi connectivity index (χ1) is 20.3. The van der Waals surface area contributed by atoms with E-state index in [9.17, 15) is 8.42 Å². The van der Waals surface area contributed by atoms with Crippen LogP contribution >= 0.6 is 11.6 Å². The molecule has 0 unspecified atom stereocenters. The lowest BCUT2D eigenvalue weighted by Crippen LogP contribution is -2.38. The number of fused-ring (bicyclic) bond motifs is 1. The molecule has 0 bridgehead atoms. The van der Waals surface area contributed by atoms with Crippen molar-refractivity contribution < 1.29 is 13.2 Å². The number of aromatic nitrogens is 1. The number of para-hydroxylation sites is 1. The minimum Gasteiger partial charge on any atom is -0.497 e. The van der Waals surface area contributed by atoms with Crippen LogP contribution in [0.15, 0.2) is 88.8 Å². The number of aryl methyl sites for hydroxylation is 1. The number of halogens is 1. The van der Waals surface area contributed by atoms with Crippen molar-refractivity contribution in [2.24, 2.45) is 4.99 Å². The van der Waals surface area contributed by atoms with Crippen LogP contribution in [0.5, 0.6) is 5.75 Å². The highest BCUT2D eigenvalue weighted by molar-refractivity contribution is 7.89. The highest BCUT2D eigenvalue weighted by Gasteiger charge is 2.24. The molecule has 4 rings (SSSR count). The Morgan fingerprint density at radius 2 is 1.81 bits per heavy atom. The van der Waals surface area contributed by atoms with E-state index in [1.807, 2.05) is 55.5 Å². The molecule has 0 saturated carbocycles. The third-order valence-corrected chi connectivity index (χ3v) is 8.50. The average molecular weight is 606 g/mol. The number of anilines is 2. The molecule has 12 heteroatoms. The molecular formula is C30H32ClN7O3S. The van der Waals surface area contributed by atoms with Gasteiger partial charge in [0.15, 0.2) is 0 Å². The van der Waals surface area contributed by atoms with Crippen molar-refractivity contribution in [3.63, 3.8) is 0 Å². The number of nitrogens with zero attached hydrogens (tertiary/aromatic N) is 4. The van der Waals surface area contributed by atoms with Crippen LogP contribution in [-0.4, -0.2) is 57.0 Å². The number of methoxy groups -OCH3 is 1. The summed E-state index contributed by atoms with van der Waals surface area (Å²) in [7, 11) is -2.29. The van der Waals surface area contributed by atoms with Crippen LogP contribution in [0.1, 0.15) is 12.1 Å². The van der Waals surface area contributed by atoms with Gasteiger partial charge < -0.3 is 20.7 Å². The molecule has 4 aromatic rings. The normalized spacial score (nSPS) is 11.7. The number of rotatable bonds is 12. The topological polar surface area (TPSA) is 132 Å². The number of guanidine groups is 1. The number of ether oxygens (including phenoxy) is 1. The number of nitriles is 1. The fourth-order valence-electron chi connectivity index (χ4n) is 4.32. The Labute approximate surface area is 251 Å². The van der Waals surface area contributed by atoms with Gasteiger partial charge in [-0.15, -0.1) is 4.99 Å². The average Bonchev–Trinajstić information content (AvgIpc) is 2.99. The molecule has 0 atom stereocenters. The zero-order chi connectivity index (χ0) is 30.0. The lowest BCUT2D eigenvalue weighted by Gasteiger charge is -2.23. The SMILES string of the molecule is COc1ccc(S(=O)(=O)N(CCCN/C(=N\C#N)Nc2ccccc2)CCNc2cc(C)nc3ccc(Cl)cc23)cc1. The van der Waals surface area contributed by atoms with Crippen LogP contribution in [0, 0.1) is 18.4 Å². The molecule has 42 heavy (non-hydrogen) atoms. The van der Waals surface area contributed by atoms with Crippen LogP contribution in [0.3, 0.4) is 0 Å². The van der Waals surface area contributed by atoms with E-state index in [1.165, 1.54) is 23.5 Å². The molecule has 3 N–H and O–H groups in total. The van der Waals surface area contributed by atoms with Crippen molar-refractivity contribution in [3.05, 3.63) is 89.6 Å². The van der Waals surface area contributed by atoms with Crippen LogP contribution in [0.4, 0.5) is 11.4 Å². The summed E-state index contributed by atoms with van der Waals surface area (Å²) < 4.78 is 34.0. The summed E-state index contributed by atoms with van der Waals surface area (Å²) in [4.78, 5) is 8.53. The maximum Gasteiger partial charge on any atom is 0.243 e. The summed E-state index contributed by atoms with van der Waals surface area (Å²) in [5.74, 6) is 0.855.